The lowest BCUT2D eigenvalue weighted by Gasteiger charge is -2.33. The quantitative estimate of drug-likeness (QED) is 0.562. The Balaban J connectivity index is 1.46. The molecule has 1 saturated heterocycles. The molecule has 5 rings (SSSR count). The third kappa shape index (κ3) is 3.84. The average Bonchev–Trinajstić information content (AvgIpc) is 3.57. The zero-order valence-electron chi connectivity index (χ0n) is 20.5. The summed E-state index contributed by atoms with van der Waals surface area (Å²) in [5.41, 5.74) is 1.11. The highest BCUT2D eigenvalue weighted by Crippen LogP contribution is 2.46. The lowest BCUT2D eigenvalue weighted by Crippen LogP contribution is -2.52. The molecule has 3 heterocycles. The number of likely N-dealkylation sites (tertiary alicyclic amines) is 1. The Hall–Kier alpha value is -3.70. The Bertz CT molecular complexity index is 1410. The maximum atomic E-state index is 14.0. The summed E-state index contributed by atoms with van der Waals surface area (Å²) in [5.74, 6) is -0.581. The summed E-state index contributed by atoms with van der Waals surface area (Å²) < 4.78 is 1.01. The molecule has 1 aromatic heterocycles. The van der Waals surface area contributed by atoms with Crippen LogP contribution >= 0.6 is 11.3 Å². The molecule has 0 saturated carbocycles. The summed E-state index contributed by atoms with van der Waals surface area (Å²) >= 11 is 1.57. The molecule has 0 radical (unpaired) electrons. The number of nitriles is 1. The van der Waals surface area contributed by atoms with Crippen molar-refractivity contribution in [1.82, 2.24) is 9.80 Å². The van der Waals surface area contributed by atoms with Gasteiger partial charge >= 0.3 is 0 Å². The number of rotatable bonds is 5. The number of benzene rings is 2. The van der Waals surface area contributed by atoms with Crippen LogP contribution < -0.4 is 5.32 Å². The number of nitrogens with zero attached hydrogens (tertiary/aromatic N) is 3. The van der Waals surface area contributed by atoms with Crippen LogP contribution in [0.4, 0.5) is 5.69 Å². The van der Waals surface area contributed by atoms with Crippen molar-refractivity contribution >= 4 is 44.8 Å². The van der Waals surface area contributed by atoms with Gasteiger partial charge in [-0.15, -0.1) is 11.3 Å². The van der Waals surface area contributed by atoms with Crippen LogP contribution in [-0.2, 0) is 15.0 Å². The average molecular weight is 501 g/mol. The number of nitrogens with one attached hydrogen (secondary N) is 1. The first kappa shape index (κ1) is 24.0. The molecule has 2 aliphatic rings. The predicted octanol–water partition coefficient (Wildman–Crippen LogP) is 4.40. The van der Waals surface area contributed by atoms with Gasteiger partial charge in [0.1, 0.15) is 12.1 Å². The number of likely N-dealkylation sites (N-methyl/N-ethyl adjacent to an activating group) is 1. The first-order valence-electron chi connectivity index (χ1n) is 12.1. The topological polar surface area (TPSA) is 93.5 Å². The van der Waals surface area contributed by atoms with E-state index < -0.39 is 17.5 Å². The van der Waals surface area contributed by atoms with Gasteiger partial charge in [0.25, 0.3) is 5.91 Å². The first-order valence-corrected chi connectivity index (χ1v) is 13.0. The van der Waals surface area contributed by atoms with Crippen LogP contribution in [0.25, 0.3) is 10.1 Å². The van der Waals surface area contributed by atoms with Gasteiger partial charge in [0.15, 0.2) is 0 Å². The number of thiophene rings is 1. The summed E-state index contributed by atoms with van der Waals surface area (Å²) in [5, 5.41) is 16.0. The van der Waals surface area contributed by atoms with Crippen LogP contribution in [0.15, 0.2) is 53.9 Å². The molecule has 184 valence electrons. The maximum Gasteiger partial charge on any atom is 0.254 e. The van der Waals surface area contributed by atoms with Gasteiger partial charge in [0.05, 0.1) is 11.5 Å². The van der Waals surface area contributed by atoms with Gasteiger partial charge in [0, 0.05) is 36.0 Å². The Morgan fingerprint density at radius 2 is 2.03 bits per heavy atom. The van der Waals surface area contributed by atoms with E-state index in [1.165, 1.54) is 9.80 Å². The summed E-state index contributed by atoms with van der Waals surface area (Å²) in [6, 6.07) is 15.8. The number of fused-ring (bicyclic) bond motifs is 3. The van der Waals surface area contributed by atoms with Crippen molar-refractivity contribution in [3.63, 3.8) is 0 Å². The van der Waals surface area contributed by atoms with Crippen LogP contribution in [0.3, 0.4) is 0 Å². The van der Waals surface area contributed by atoms with E-state index in [1.54, 1.807) is 24.5 Å². The van der Waals surface area contributed by atoms with Crippen molar-refractivity contribution in [2.45, 2.75) is 44.2 Å². The van der Waals surface area contributed by atoms with Crippen molar-refractivity contribution in [2.75, 3.05) is 18.9 Å². The smallest absolute Gasteiger partial charge is 0.254 e. The number of hydrogen-bond acceptors (Lipinski definition) is 5. The van der Waals surface area contributed by atoms with Crippen LogP contribution in [0, 0.1) is 17.2 Å². The minimum absolute atomic E-state index is 0.116. The zero-order valence-corrected chi connectivity index (χ0v) is 21.3. The van der Waals surface area contributed by atoms with Gasteiger partial charge in [-0.05, 0) is 52.9 Å². The molecule has 3 atom stereocenters. The molecule has 8 heteroatoms. The van der Waals surface area contributed by atoms with Gasteiger partial charge in [-0.3, -0.25) is 14.4 Å². The number of amides is 3. The molecule has 2 aliphatic heterocycles. The highest BCUT2D eigenvalue weighted by Gasteiger charge is 2.56. The van der Waals surface area contributed by atoms with Crippen LogP contribution in [-0.4, -0.2) is 53.2 Å². The molecular formula is C28H28N4O3S. The van der Waals surface area contributed by atoms with E-state index in [4.69, 9.17) is 0 Å². The molecule has 0 bridgehead atoms. The fraction of sp³-hybridized carbons (Fsp3) is 0.357. The summed E-state index contributed by atoms with van der Waals surface area (Å²) in [7, 11) is 1.65. The van der Waals surface area contributed by atoms with E-state index in [1.807, 2.05) is 61.7 Å². The Morgan fingerprint density at radius 3 is 2.78 bits per heavy atom. The lowest BCUT2D eigenvalue weighted by molar-refractivity contribution is -0.136. The predicted molar refractivity (Wildman–Crippen MR) is 140 cm³/mol. The van der Waals surface area contributed by atoms with E-state index in [0.717, 1.165) is 21.3 Å². The zero-order chi connectivity index (χ0) is 25.6. The fourth-order valence-corrected chi connectivity index (χ4v) is 6.31. The first-order chi connectivity index (χ1) is 17.2. The van der Waals surface area contributed by atoms with E-state index in [-0.39, 0.29) is 36.6 Å². The third-order valence-corrected chi connectivity index (χ3v) is 8.27. The number of para-hydroxylation sites is 1. The second-order valence-corrected chi connectivity index (χ2v) is 11.1. The maximum absolute atomic E-state index is 14.0. The molecule has 3 aromatic rings. The molecule has 7 nitrogen and oxygen atoms in total. The van der Waals surface area contributed by atoms with Crippen molar-refractivity contribution in [3.8, 4) is 6.07 Å². The van der Waals surface area contributed by atoms with Crippen LogP contribution in [0.1, 0.15) is 42.6 Å². The van der Waals surface area contributed by atoms with E-state index in [0.29, 0.717) is 12.0 Å². The van der Waals surface area contributed by atoms with Gasteiger partial charge in [-0.25, -0.2) is 0 Å². The summed E-state index contributed by atoms with van der Waals surface area (Å²) in [4.78, 5) is 43.6. The summed E-state index contributed by atoms with van der Waals surface area (Å²) in [6.07, 6.45) is 0.686. The number of anilines is 1. The van der Waals surface area contributed by atoms with Crippen LogP contribution in [0.5, 0.6) is 0 Å². The Kier molecular flexibility index (Phi) is 6.05. The standard InChI is InChI=1S/C28H28N4O3S/c1-17(2)12-23(31(3)25(33)19-9-8-18-10-11-36-24(18)13-19)26(34)32-16-28(14-20(32)15-29)21-6-4-5-7-22(21)30-27(28)35/h4-11,13,17,20,23H,12,14,16H2,1-3H3,(H,30,35)/t20-,23-,28-/m0/s1. The minimum atomic E-state index is -0.957. The molecule has 1 fully saturated rings. The molecule has 1 N–H and O–H groups in total. The van der Waals surface area contributed by atoms with Crippen molar-refractivity contribution < 1.29 is 14.4 Å². The monoisotopic (exact) mass is 500 g/mol. The highest BCUT2D eigenvalue weighted by molar-refractivity contribution is 7.17. The normalized spacial score (nSPS) is 21.5. The van der Waals surface area contributed by atoms with E-state index in [2.05, 4.69) is 11.4 Å². The SMILES string of the molecule is CC(C)C[C@@H](C(=O)N1C[C@]2(C[C@H]1C#N)C(=O)Nc1ccccc12)N(C)C(=O)c1ccc2ccsc2c1. The Morgan fingerprint density at radius 1 is 1.25 bits per heavy atom. The second kappa shape index (κ2) is 9.07. The fourth-order valence-electron chi connectivity index (χ4n) is 5.48. The number of carbonyl (C=O) groups excluding carboxylic acids is 3. The molecule has 2 aromatic carbocycles. The molecule has 3 amide bonds. The van der Waals surface area contributed by atoms with Crippen molar-refractivity contribution in [1.29, 1.82) is 5.26 Å². The van der Waals surface area contributed by atoms with Gasteiger partial charge < -0.3 is 15.1 Å². The molecule has 1 spiro atoms. The van der Waals surface area contributed by atoms with Gasteiger partial charge in [-0.2, -0.15) is 5.26 Å². The van der Waals surface area contributed by atoms with Crippen molar-refractivity contribution in [3.05, 3.63) is 65.0 Å². The highest BCUT2D eigenvalue weighted by atomic mass is 32.1. The van der Waals surface area contributed by atoms with Crippen LogP contribution in [0.2, 0.25) is 0 Å². The molecule has 0 aliphatic carbocycles. The Labute approximate surface area is 214 Å². The minimum Gasteiger partial charge on any atom is -0.330 e. The third-order valence-electron chi connectivity index (χ3n) is 7.39. The molecular weight excluding hydrogens is 472 g/mol. The van der Waals surface area contributed by atoms with E-state index >= 15 is 0 Å². The molecule has 36 heavy (non-hydrogen) atoms. The lowest BCUT2D eigenvalue weighted by atomic mass is 9.80. The largest absolute Gasteiger partial charge is 0.330 e. The number of carbonyl (C=O) groups is 3. The van der Waals surface area contributed by atoms with Gasteiger partial charge in [0.2, 0.25) is 11.8 Å². The number of hydrogen-bond donors (Lipinski definition) is 1. The van der Waals surface area contributed by atoms with Crippen molar-refractivity contribution in [2.24, 2.45) is 5.92 Å². The van der Waals surface area contributed by atoms with E-state index in [9.17, 15) is 19.6 Å². The second-order valence-electron chi connectivity index (χ2n) is 10.1. The van der Waals surface area contributed by atoms with Gasteiger partial charge in [-0.1, -0.05) is 38.1 Å². The molecule has 0 unspecified atom stereocenters. The summed E-state index contributed by atoms with van der Waals surface area (Å²) in [6.45, 7) is 4.12.